The lowest BCUT2D eigenvalue weighted by Gasteiger charge is -2.19. The largest absolute Gasteiger partial charge is 0.308 e. The van der Waals surface area contributed by atoms with Crippen LogP contribution in [-0.2, 0) is 0 Å². The maximum Gasteiger partial charge on any atom is 0.194 e. The van der Waals surface area contributed by atoms with Crippen molar-refractivity contribution in [2.45, 2.75) is 0 Å². The molecule has 0 N–H and O–H groups in total. The molecule has 0 radical (unpaired) electrons. The predicted octanol–water partition coefficient (Wildman–Crippen LogP) is 16.9. The van der Waals surface area contributed by atoms with E-state index in [4.69, 9.17) is 13.1 Å². The fraction of sp³-hybridized carbons (Fsp3) is 0. The van der Waals surface area contributed by atoms with Gasteiger partial charge in [0.15, 0.2) is 11.4 Å². The summed E-state index contributed by atoms with van der Waals surface area (Å²) in [5, 5.41) is 45.7. The Morgan fingerprint density at radius 3 is 1.12 bits per heavy atom. The van der Waals surface area contributed by atoms with Gasteiger partial charge in [-0.25, -0.2) is 14.1 Å². The Kier molecular flexibility index (Phi) is 10.8. The van der Waals surface area contributed by atoms with Crippen molar-refractivity contribution in [2.75, 3.05) is 0 Å². The number of hydrogen-bond acceptors (Lipinski definition) is 4. The minimum Gasteiger partial charge on any atom is -0.308 e. The second-order valence-electron chi connectivity index (χ2n) is 18.0. The monoisotopic (exact) mass is 956 g/mol. The Bertz CT molecular complexity index is 4220. The van der Waals surface area contributed by atoms with Gasteiger partial charge >= 0.3 is 0 Å². The van der Waals surface area contributed by atoms with Crippen LogP contribution < -0.4 is 0 Å². The molecule has 9 heteroatoms. The average Bonchev–Trinajstić information content (AvgIpc) is 4.05. The molecule has 0 saturated heterocycles. The molecule has 0 spiro atoms. The molecule has 2 aromatic heterocycles. The molecule has 12 rings (SSSR count). The normalized spacial score (nSPS) is 10.9. The molecule has 0 atom stereocenters. The molecule has 0 saturated carbocycles. The number of para-hydroxylation sites is 2. The highest BCUT2D eigenvalue weighted by molar-refractivity contribution is 6.14. The third kappa shape index (κ3) is 7.31. The Morgan fingerprint density at radius 2 is 0.747 bits per heavy atom. The van der Waals surface area contributed by atoms with Crippen LogP contribution in [0.15, 0.2) is 200 Å². The number of hydrogen-bond donors (Lipinski definition) is 0. The number of nitrogens with zero attached hydrogens (tertiary/aromatic N) is 8. The summed E-state index contributed by atoms with van der Waals surface area (Å²) in [7, 11) is 0. The molecule has 0 fully saturated rings. The first kappa shape index (κ1) is 44.8. The van der Waals surface area contributed by atoms with Gasteiger partial charge in [-0.2, -0.15) is 21.0 Å². The Hall–Kier alpha value is -11.3. The van der Waals surface area contributed by atoms with Crippen molar-refractivity contribution < 1.29 is 4.39 Å². The van der Waals surface area contributed by atoms with Gasteiger partial charge < -0.3 is 9.13 Å². The van der Waals surface area contributed by atoms with Crippen LogP contribution in [-0.4, -0.2) is 9.13 Å². The van der Waals surface area contributed by atoms with Crippen molar-refractivity contribution >= 4 is 55.0 Å². The zero-order chi connectivity index (χ0) is 51.3. The number of rotatable bonds is 7. The highest BCUT2D eigenvalue weighted by atomic mass is 19.1. The third-order valence-corrected chi connectivity index (χ3v) is 14.0. The van der Waals surface area contributed by atoms with Crippen LogP contribution in [0.3, 0.4) is 0 Å². The van der Waals surface area contributed by atoms with E-state index in [1.165, 1.54) is 6.07 Å². The van der Waals surface area contributed by atoms with Crippen molar-refractivity contribution in [3.8, 4) is 91.3 Å². The number of benzene rings is 10. The lowest BCUT2D eigenvalue weighted by atomic mass is 9.97. The van der Waals surface area contributed by atoms with Crippen LogP contribution in [0.5, 0.6) is 0 Å². The van der Waals surface area contributed by atoms with Crippen molar-refractivity contribution in [2.24, 2.45) is 0 Å². The predicted molar refractivity (Wildman–Crippen MR) is 294 cm³/mol. The smallest absolute Gasteiger partial charge is 0.194 e. The van der Waals surface area contributed by atoms with Crippen molar-refractivity contribution in [3.63, 3.8) is 0 Å². The molecule has 0 amide bonds. The van der Waals surface area contributed by atoms with Gasteiger partial charge in [0.25, 0.3) is 0 Å². The molecule has 12 aromatic rings. The fourth-order valence-electron chi connectivity index (χ4n) is 10.6. The van der Waals surface area contributed by atoms with Crippen molar-refractivity contribution in [1.82, 2.24) is 9.13 Å². The van der Waals surface area contributed by atoms with E-state index < -0.39 is 5.82 Å². The zero-order valence-electron chi connectivity index (χ0n) is 39.5. The molecule has 0 aliphatic heterocycles. The van der Waals surface area contributed by atoms with Crippen LogP contribution >= 0.6 is 0 Å². The Labute approximate surface area is 430 Å². The summed E-state index contributed by atoms with van der Waals surface area (Å²) in [4.78, 5) is 7.70. The molecule has 344 valence electrons. The van der Waals surface area contributed by atoms with Gasteiger partial charge in [-0.05, 0) is 111 Å². The fourth-order valence-corrected chi connectivity index (χ4v) is 10.6. The molecular weight excluding hydrogens is 924 g/mol. The minimum absolute atomic E-state index is 0.143. The molecule has 0 aliphatic carbocycles. The summed E-state index contributed by atoms with van der Waals surface area (Å²) in [6, 6.07) is 70.9. The van der Waals surface area contributed by atoms with Gasteiger partial charge in [0.1, 0.15) is 17.4 Å². The molecule has 0 unspecified atom stereocenters. The van der Waals surface area contributed by atoms with E-state index in [1.54, 1.807) is 48.5 Å². The molecule has 75 heavy (non-hydrogen) atoms. The van der Waals surface area contributed by atoms with Gasteiger partial charge in [0, 0.05) is 27.1 Å². The first-order valence-electron chi connectivity index (χ1n) is 23.7. The van der Waals surface area contributed by atoms with E-state index in [2.05, 4.69) is 34.0 Å². The molecule has 2 heterocycles. The summed E-state index contributed by atoms with van der Waals surface area (Å²) < 4.78 is 20.8. The molecular formula is C66H33FN8. The lowest BCUT2D eigenvalue weighted by Crippen LogP contribution is -2.06. The van der Waals surface area contributed by atoms with E-state index in [0.717, 1.165) is 66.1 Å². The summed E-state index contributed by atoms with van der Waals surface area (Å²) in [5.74, 6) is -0.637. The van der Waals surface area contributed by atoms with Crippen LogP contribution in [0.25, 0.3) is 120 Å². The number of aromatic nitrogens is 2. The van der Waals surface area contributed by atoms with Gasteiger partial charge in [0.2, 0.25) is 0 Å². The van der Waals surface area contributed by atoms with E-state index in [1.807, 2.05) is 155 Å². The van der Waals surface area contributed by atoms with E-state index >= 15 is 4.39 Å². The highest BCUT2D eigenvalue weighted by Crippen LogP contribution is 2.45. The first-order chi connectivity index (χ1) is 36.8. The standard InChI is InChI=1S/C66H33FN8/c1-72-59-17-9-7-15-51(59)43-22-27-55-53-25-20-41(48-13-5-3-11-45(48)37-69)30-61(53)74(63(55)32-43)65-34-47(50-24-19-40(36-68)29-58(50)67)35-66(57(65)39-71)75-62-31-42(49-14-6-4-12-46(49)38-70)21-26-54(62)56-28-23-44(33-64(56)75)52-16-8-10-18-60(52)73-2/h3-35H. The van der Waals surface area contributed by atoms with Gasteiger partial charge in [0.05, 0.1) is 81.5 Å². The summed E-state index contributed by atoms with van der Waals surface area (Å²) >= 11 is 0. The number of halogens is 1. The zero-order valence-corrected chi connectivity index (χ0v) is 39.5. The molecule has 0 aliphatic rings. The lowest BCUT2D eigenvalue weighted by molar-refractivity contribution is 0.631. The Morgan fingerprint density at radius 1 is 0.360 bits per heavy atom. The van der Waals surface area contributed by atoms with E-state index in [-0.39, 0.29) is 16.7 Å². The maximum atomic E-state index is 16.8. The van der Waals surface area contributed by atoms with Gasteiger partial charge in [-0.3, -0.25) is 0 Å². The topological polar surface area (TPSA) is 114 Å². The number of fused-ring (bicyclic) bond motifs is 6. The molecule has 10 aromatic carbocycles. The summed E-state index contributed by atoms with van der Waals surface area (Å²) in [6.45, 7) is 16.1. The average molecular weight is 957 g/mol. The van der Waals surface area contributed by atoms with Gasteiger partial charge in [-0.1, -0.05) is 140 Å². The van der Waals surface area contributed by atoms with Crippen molar-refractivity contribution in [1.29, 1.82) is 21.0 Å². The summed E-state index contributed by atoms with van der Waals surface area (Å²) in [5.41, 5.74) is 12.4. The first-order valence-corrected chi connectivity index (χ1v) is 23.7. The summed E-state index contributed by atoms with van der Waals surface area (Å²) in [6.07, 6.45) is 0. The van der Waals surface area contributed by atoms with E-state index in [0.29, 0.717) is 61.5 Å². The van der Waals surface area contributed by atoms with Crippen LogP contribution in [0.1, 0.15) is 22.3 Å². The van der Waals surface area contributed by atoms with Crippen molar-refractivity contribution in [3.05, 3.63) is 251 Å². The third-order valence-electron chi connectivity index (χ3n) is 14.0. The van der Waals surface area contributed by atoms with Crippen LogP contribution in [0.4, 0.5) is 15.8 Å². The molecule has 0 bridgehead atoms. The van der Waals surface area contributed by atoms with Crippen LogP contribution in [0, 0.1) is 64.3 Å². The number of nitriles is 4. The highest BCUT2D eigenvalue weighted by Gasteiger charge is 2.25. The SMILES string of the molecule is [C-]#[N+]c1ccccc1-c1ccc2c3ccc(-c4ccccc4C#N)cc3n(-c3cc(-c4ccc(C#N)cc4F)cc(-n4c5cc(-c6ccccc6C#N)ccc5c5ccc(-c6ccccc6[N+]#[C-])cc54)c3C#N)c2c1. The maximum absolute atomic E-state index is 16.8. The Balaban J connectivity index is 1.26. The quantitative estimate of drug-likeness (QED) is 0.148. The van der Waals surface area contributed by atoms with Gasteiger partial charge in [-0.15, -0.1) is 0 Å². The minimum atomic E-state index is -0.637. The van der Waals surface area contributed by atoms with E-state index in [9.17, 15) is 21.0 Å². The molecule has 8 nitrogen and oxygen atoms in total. The second kappa shape index (κ2) is 18.1. The van der Waals surface area contributed by atoms with Crippen LogP contribution in [0.2, 0.25) is 0 Å². The second-order valence-corrected chi connectivity index (χ2v) is 18.0.